The molecule has 1 aliphatic rings. The van der Waals surface area contributed by atoms with Crippen LogP contribution in [0.4, 0.5) is 5.69 Å². The molecule has 0 fully saturated rings. The number of rotatable bonds is 6. The molecule has 0 saturated carbocycles. The summed E-state index contributed by atoms with van der Waals surface area (Å²) in [6.45, 7) is 13.1. The number of ether oxygens (including phenoxy) is 2. The van der Waals surface area contributed by atoms with Crippen LogP contribution in [0.2, 0.25) is 0 Å². The molecule has 7 heteroatoms. The quantitative estimate of drug-likeness (QED) is 0.227. The van der Waals surface area contributed by atoms with Gasteiger partial charge in [0, 0.05) is 0 Å². The van der Waals surface area contributed by atoms with Crippen LogP contribution < -0.4 is 9.46 Å². The molecular weight excluding hydrogens is 534 g/mol. The van der Waals surface area contributed by atoms with Crippen LogP contribution in [0, 0.1) is 13.8 Å². The van der Waals surface area contributed by atoms with Crippen molar-refractivity contribution in [1.82, 2.24) is 0 Å². The van der Waals surface area contributed by atoms with Gasteiger partial charge in [0.1, 0.15) is 5.75 Å². The average Bonchev–Trinajstić information content (AvgIpc) is 2.93. The fourth-order valence-corrected chi connectivity index (χ4v) is 6.67. The van der Waals surface area contributed by atoms with Gasteiger partial charge < -0.3 is 19.3 Å². The minimum Gasteiger partial charge on any atom is -0.493 e. The van der Waals surface area contributed by atoms with Crippen LogP contribution in [-0.2, 0) is 26.9 Å². The number of anilines is 1. The van der Waals surface area contributed by atoms with E-state index < -0.39 is 11.0 Å². The largest absolute Gasteiger partial charge is 0.493 e. The number of fused-ring (bicyclic) bond motifs is 2. The van der Waals surface area contributed by atoms with E-state index in [-0.39, 0.29) is 18.2 Å². The number of hydrogen-bond acceptors (Lipinski definition) is 4. The Balaban J connectivity index is 0.00000124. The van der Waals surface area contributed by atoms with Crippen LogP contribution in [0.25, 0.3) is 21.9 Å². The van der Waals surface area contributed by atoms with Crippen molar-refractivity contribution in [2.75, 3.05) is 11.3 Å². The monoisotopic (exact) mass is 573 g/mol. The van der Waals surface area contributed by atoms with E-state index in [1.54, 1.807) is 0 Å². The molecule has 0 spiro atoms. The number of aryl methyl sites for hydroxylation is 2. The van der Waals surface area contributed by atoms with Crippen molar-refractivity contribution in [2.24, 2.45) is 0 Å². The predicted octanol–water partition coefficient (Wildman–Crippen LogP) is 8.16. The van der Waals surface area contributed by atoms with Crippen molar-refractivity contribution < 1.29 is 23.6 Å². The lowest BCUT2D eigenvalue weighted by Gasteiger charge is -2.30. The predicted molar refractivity (Wildman–Crippen MR) is 167 cm³/mol. The Labute approximate surface area is 245 Å². The second-order valence-electron chi connectivity index (χ2n) is 11.3. The maximum absolute atomic E-state index is 13.7. The normalized spacial score (nSPS) is 14.2. The first kappa shape index (κ1) is 30.3. The van der Waals surface area contributed by atoms with Crippen molar-refractivity contribution in [1.29, 1.82) is 0 Å². The Kier molecular flexibility index (Phi) is 9.51. The molecule has 2 atom stereocenters. The van der Waals surface area contributed by atoms with Crippen LogP contribution in [0.3, 0.4) is 0 Å². The van der Waals surface area contributed by atoms with Crippen LogP contribution in [-0.4, -0.2) is 28.0 Å². The summed E-state index contributed by atoms with van der Waals surface area (Å²) in [6.07, 6.45) is 1.89. The SMILES string of the molecule is Cc1cc(NS(=O)c2cccc3ccccc23)c(C)c(C(C)OC(C)(C)C)c1-c1ccc2c(c1)CCCO2.O=CO. The van der Waals surface area contributed by atoms with E-state index in [4.69, 9.17) is 19.4 Å². The maximum atomic E-state index is 13.7. The van der Waals surface area contributed by atoms with E-state index in [1.807, 2.05) is 42.5 Å². The number of hydrogen-bond donors (Lipinski definition) is 2. The molecule has 0 aromatic heterocycles. The van der Waals surface area contributed by atoms with Gasteiger partial charge >= 0.3 is 0 Å². The molecule has 1 aliphatic heterocycles. The van der Waals surface area contributed by atoms with Gasteiger partial charge in [-0.15, -0.1) is 0 Å². The topological polar surface area (TPSA) is 84.9 Å². The zero-order valence-electron chi connectivity index (χ0n) is 24.6. The molecule has 0 aliphatic carbocycles. The van der Waals surface area contributed by atoms with Crippen molar-refractivity contribution in [3.63, 3.8) is 0 Å². The second-order valence-corrected chi connectivity index (χ2v) is 12.4. The smallest absolute Gasteiger partial charge is 0.290 e. The summed E-state index contributed by atoms with van der Waals surface area (Å²) in [7, 11) is -1.43. The minimum absolute atomic E-state index is 0.163. The minimum atomic E-state index is -1.43. The van der Waals surface area contributed by atoms with Crippen molar-refractivity contribution in [3.8, 4) is 16.9 Å². The number of carboxylic acid groups (broad SMARTS) is 1. The number of carbonyl (C=O) groups is 1. The molecule has 0 bridgehead atoms. The van der Waals surface area contributed by atoms with E-state index in [1.165, 1.54) is 11.1 Å². The van der Waals surface area contributed by atoms with E-state index in [9.17, 15) is 4.21 Å². The van der Waals surface area contributed by atoms with Gasteiger partial charge in [0.05, 0.1) is 28.9 Å². The highest BCUT2D eigenvalue weighted by atomic mass is 32.2. The molecule has 41 heavy (non-hydrogen) atoms. The van der Waals surface area contributed by atoms with Gasteiger partial charge in [0.15, 0.2) is 11.0 Å². The van der Waals surface area contributed by atoms with Gasteiger partial charge in [-0.1, -0.05) is 42.5 Å². The molecule has 0 amide bonds. The molecule has 2 unspecified atom stereocenters. The summed E-state index contributed by atoms with van der Waals surface area (Å²) >= 11 is 0. The summed E-state index contributed by atoms with van der Waals surface area (Å²) in [4.78, 5) is 9.14. The second kappa shape index (κ2) is 12.9. The first-order chi connectivity index (χ1) is 19.5. The third kappa shape index (κ3) is 6.97. The summed E-state index contributed by atoms with van der Waals surface area (Å²) in [5.74, 6) is 0.985. The Hall–Kier alpha value is -3.68. The van der Waals surface area contributed by atoms with Gasteiger partial charge in [-0.25, -0.2) is 4.21 Å². The first-order valence-corrected chi connectivity index (χ1v) is 15.0. The lowest BCUT2D eigenvalue weighted by atomic mass is 9.87. The van der Waals surface area contributed by atoms with Crippen LogP contribution in [0.5, 0.6) is 5.75 Å². The molecular formula is C34H39NO5S. The van der Waals surface area contributed by atoms with Crippen LogP contribution >= 0.6 is 0 Å². The zero-order chi connectivity index (χ0) is 29.7. The molecule has 1 heterocycles. The van der Waals surface area contributed by atoms with E-state index >= 15 is 0 Å². The van der Waals surface area contributed by atoms with Crippen LogP contribution in [0.1, 0.15) is 62.5 Å². The molecule has 6 nitrogen and oxygen atoms in total. The number of benzene rings is 4. The van der Waals surface area contributed by atoms with Gasteiger partial charge in [-0.2, -0.15) is 0 Å². The molecule has 0 saturated heterocycles. The van der Waals surface area contributed by atoms with E-state index in [0.29, 0.717) is 0 Å². The van der Waals surface area contributed by atoms with Crippen LogP contribution in [0.15, 0.2) is 71.6 Å². The first-order valence-electron chi connectivity index (χ1n) is 13.9. The highest BCUT2D eigenvalue weighted by molar-refractivity contribution is 7.86. The lowest BCUT2D eigenvalue weighted by molar-refractivity contribution is -0.122. The number of nitrogens with one attached hydrogen (secondary N) is 1. The fraction of sp³-hybridized carbons (Fsp3) is 0.324. The molecule has 0 radical (unpaired) electrons. The molecule has 4 aromatic carbocycles. The molecule has 2 N–H and O–H groups in total. The highest BCUT2D eigenvalue weighted by Crippen LogP contribution is 2.42. The summed E-state index contributed by atoms with van der Waals surface area (Å²) in [5, 5.41) is 8.96. The van der Waals surface area contributed by atoms with Crippen molar-refractivity contribution in [2.45, 2.75) is 71.0 Å². The fourth-order valence-electron chi connectivity index (χ4n) is 5.56. The average molecular weight is 574 g/mol. The summed E-state index contributed by atoms with van der Waals surface area (Å²) in [5.41, 5.74) is 7.42. The summed E-state index contributed by atoms with van der Waals surface area (Å²) in [6, 6.07) is 22.6. The van der Waals surface area contributed by atoms with Gasteiger partial charge in [-0.05, 0) is 123 Å². The van der Waals surface area contributed by atoms with Crippen molar-refractivity contribution >= 4 is 33.9 Å². The Morgan fingerprint density at radius 2 is 1.76 bits per heavy atom. The molecule has 216 valence electrons. The van der Waals surface area contributed by atoms with E-state index in [2.05, 4.69) is 70.5 Å². The third-order valence-electron chi connectivity index (χ3n) is 7.12. The van der Waals surface area contributed by atoms with Crippen molar-refractivity contribution in [3.05, 3.63) is 89.0 Å². The van der Waals surface area contributed by atoms with E-state index in [0.717, 1.165) is 68.8 Å². The highest BCUT2D eigenvalue weighted by Gasteiger charge is 2.25. The molecule has 4 aromatic rings. The third-order valence-corrected chi connectivity index (χ3v) is 8.28. The Morgan fingerprint density at radius 1 is 1.05 bits per heavy atom. The lowest BCUT2D eigenvalue weighted by Crippen LogP contribution is -2.22. The van der Waals surface area contributed by atoms with Gasteiger partial charge in [0.25, 0.3) is 6.47 Å². The maximum Gasteiger partial charge on any atom is 0.290 e. The standard InChI is InChI=1S/C33H37NO3S.CH2O2/c1-21-19-28(34-38(35)30-15-9-12-24-11-7-8-14-27(24)30)22(2)32(23(3)37-33(4,5)6)31(21)26-16-17-29-25(20-26)13-10-18-36-29;2-1-3/h7-9,11-12,14-17,19-20,23,34H,10,13,18H2,1-6H3;1H,(H,2,3). The Morgan fingerprint density at radius 3 is 2.49 bits per heavy atom. The zero-order valence-corrected chi connectivity index (χ0v) is 25.4. The summed E-state index contributed by atoms with van der Waals surface area (Å²) < 4.78 is 29.4. The Bertz CT molecular complexity index is 1570. The van der Waals surface area contributed by atoms with Gasteiger partial charge in [-0.3, -0.25) is 4.79 Å². The molecule has 5 rings (SSSR count). The van der Waals surface area contributed by atoms with Gasteiger partial charge in [0.2, 0.25) is 0 Å².